The van der Waals surface area contributed by atoms with Gasteiger partial charge >= 0.3 is 0 Å². The molecule has 1 heterocycles. The largest absolute Gasteiger partial charge is 0.356 e. The minimum absolute atomic E-state index is 0.138. The standard InChI is InChI=1S/C18H37N3O/c1-4-5-14-21-15-18(2,16-21)17(22)20-13-11-9-7-6-8-10-12-19-3/h19H,4-16H2,1-3H3,(H,20,22). The molecule has 1 aliphatic rings. The van der Waals surface area contributed by atoms with Crippen LogP contribution in [-0.2, 0) is 4.79 Å². The maximum absolute atomic E-state index is 12.2. The molecule has 1 saturated heterocycles. The molecule has 0 atom stereocenters. The molecule has 0 saturated carbocycles. The van der Waals surface area contributed by atoms with Crippen molar-refractivity contribution >= 4 is 5.91 Å². The van der Waals surface area contributed by atoms with E-state index >= 15 is 0 Å². The highest BCUT2D eigenvalue weighted by Crippen LogP contribution is 2.30. The summed E-state index contributed by atoms with van der Waals surface area (Å²) in [5, 5.41) is 6.32. The van der Waals surface area contributed by atoms with E-state index in [1.807, 2.05) is 7.05 Å². The summed E-state index contributed by atoms with van der Waals surface area (Å²) in [5.74, 6) is 0.259. The van der Waals surface area contributed by atoms with Crippen molar-refractivity contribution in [3.8, 4) is 0 Å². The summed E-state index contributed by atoms with van der Waals surface area (Å²) in [6.07, 6.45) is 10.0. The van der Waals surface area contributed by atoms with Gasteiger partial charge in [-0.1, -0.05) is 39.0 Å². The van der Waals surface area contributed by atoms with Crippen LogP contribution in [-0.4, -0.2) is 50.6 Å². The molecule has 0 unspecified atom stereocenters. The predicted octanol–water partition coefficient (Wildman–Crippen LogP) is 2.78. The summed E-state index contributed by atoms with van der Waals surface area (Å²) in [4.78, 5) is 14.6. The monoisotopic (exact) mass is 311 g/mol. The SMILES string of the molecule is CCCCN1CC(C)(C(=O)NCCCCCCCCNC)C1. The van der Waals surface area contributed by atoms with Gasteiger partial charge in [-0.3, -0.25) is 4.79 Å². The Hall–Kier alpha value is -0.610. The van der Waals surface area contributed by atoms with Gasteiger partial charge in [-0.2, -0.15) is 0 Å². The third kappa shape index (κ3) is 7.10. The number of hydrogen-bond acceptors (Lipinski definition) is 3. The van der Waals surface area contributed by atoms with E-state index in [2.05, 4.69) is 29.4 Å². The lowest BCUT2D eigenvalue weighted by atomic mass is 9.80. The molecule has 0 spiro atoms. The fourth-order valence-electron chi connectivity index (χ4n) is 3.17. The molecule has 4 heteroatoms. The molecular weight excluding hydrogens is 274 g/mol. The molecule has 2 N–H and O–H groups in total. The van der Waals surface area contributed by atoms with Crippen molar-refractivity contribution in [3.63, 3.8) is 0 Å². The van der Waals surface area contributed by atoms with Crippen molar-refractivity contribution in [1.29, 1.82) is 0 Å². The molecule has 4 nitrogen and oxygen atoms in total. The summed E-state index contributed by atoms with van der Waals surface area (Å²) >= 11 is 0. The lowest BCUT2D eigenvalue weighted by Crippen LogP contribution is -2.61. The van der Waals surface area contributed by atoms with E-state index < -0.39 is 0 Å². The molecule has 130 valence electrons. The Balaban J connectivity index is 1.96. The molecular formula is C18H37N3O. The highest BCUT2D eigenvalue weighted by Gasteiger charge is 2.44. The predicted molar refractivity (Wildman–Crippen MR) is 94.1 cm³/mol. The number of carbonyl (C=O) groups is 1. The van der Waals surface area contributed by atoms with Crippen LogP contribution >= 0.6 is 0 Å². The average Bonchev–Trinajstić information content (AvgIpc) is 2.48. The van der Waals surface area contributed by atoms with Crippen molar-refractivity contribution in [2.24, 2.45) is 5.41 Å². The normalized spacial score (nSPS) is 17.2. The van der Waals surface area contributed by atoms with Crippen LogP contribution in [0.4, 0.5) is 0 Å². The van der Waals surface area contributed by atoms with Gasteiger partial charge in [-0.25, -0.2) is 0 Å². The second-order valence-corrected chi connectivity index (χ2v) is 7.11. The van der Waals surface area contributed by atoms with Gasteiger partial charge in [-0.05, 0) is 46.3 Å². The third-order valence-electron chi connectivity index (χ3n) is 4.66. The Morgan fingerprint density at radius 1 is 1.00 bits per heavy atom. The van der Waals surface area contributed by atoms with E-state index in [0.717, 1.165) is 39.1 Å². The minimum atomic E-state index is -0.138. The molecule has 0 aromatic heterocycles. The molecule has 0 aliphatic carbocycles. The average molecular weight is 312 g/mol. The first kappa shape index (κ1) is 19.4. The zero-order valence-electron chi connectivity index (χ0n) is 15.0. The Labute approximate surface area is 137 Å². The molecule has 0 aromatic carbocycles. The number of carbonyl (C=O) groups excluding carboxylic acids is 1. The molecule has 22 heavy (non-hydrogen) atoms. The van der Waals surface area contributed by atoms with Crippen LogP contribution in [0.2, 0.25) is 0 Å². The Kier molecular flexibility index (Phi) is 9.73. The number of nitrogens with zero attached hydrogens (tertiary/aromatic N) is 1. The summed E-state index contributed by atoms with van der Waals surface area (Å²) in [6, 6.07) is 0. The number of hydrogen-bond donors (Lipinski definition) is 2. The topological polar surface area (TPSA) is 44.4 Å². The van der Waals surface area contributed by atoms with E-state index in [4.69, 9.17) is 0 Å². The number of amides is 1. The number of rotatable bonds is 13. The van der Waals surface area contributed by atoms with Crippen LogP contribution in [0.15, 0.2) is 0 Å². The molecule has 1 amide bonds. The van der Waals surface area contributed by atoms with Crippen LogP contribution in [0.3, 0.4) is 0 Å². The van der Waals surface area contributed by atoms with Gasteiger partial charge in [0.25, 0.3) is 0 Å². The lowest BCUT2D eigenvalue weighted by Gasteiger charge is -2.46. The van der Waals surface area contributed by atoms with E-state index in [0.29, 0.717) is 0 Å². The fourth-order valence-corrected chi connectivity index (χ4v) is 3.17. The van der Waals surface area contributed by atoms with Crippen molar-refractivity contribution < 1.29 is 4.79 Å². The second kappa shape index (κ2) is 11.0. The highest BCUT2D eigenvalue weighted by atomic mass is 16.2. The summed E-state index contributed by atoms with van der Waals surface area (Å²) in [7, 11) is 2.01. The van der Waals surface area contributed by atoms with Crippen molar-refractivity contribution in [2.45, 2.75) is 65.2 Å². The minimum Gasteiger partial charge on any atom is -0.356 e. The Morgan fingerprint density at radius 2 is 1.59 bits per heavy atom. The maximum atomic E-state index is 12.2. The third-order valence-corrected chi connectivity index (χ3v) is 4.66. The van der Waals surface area contributed by atoms with E-state index in [9.17, 15) is 4.79 Å². The number of nitrogens with one attached hydrogen (secondary N) is 2. The molecule has 0 radical (unpaired) electrons. The van der Waals surface area contributed by atoms with Gasteiger partial charge < -0.3 is 15.5 Å². The first-order chi connectivity index (χ1) is 10.6. The van der Waals surface area contributed by atoms with Gasteiger partial charge in [-0.15, -0.1) is 0 Å². The van der Waals surface area contributed by atoms with Crippen molar-refractivity contribution in [3.05, 3.63) is 0 Å². The van der Waals surface area contributed by atoms with Crippen LogP contribution in [0.5, 0.6) is 0 Å². The molecule has 0 aromatic rings. The molecule has 1 fully saturated rings. The van der Waals surface area contributed by atoms with Crippen molar-refractivity contribution in [2.75, 3.05) is 39.8 Å². The number of likely N-dealkylation sites (tertiary alicyclic amines) is 1. The number of unbranched alkanes of at least 4 members (excludes halogenated alkanes) is 6. The first-order valence-electron chi connectivity index (χ1n) is 9.27. The Morgan fingerprint density at radius 3 is 2.18 bits per heavy atom. The highest BCUT2D eigenvalue weighted by molar-refractivity contribution is 5.83. The molecule has 0 bridgehead atoms. The smallest absolute Gasteiger partial charge is 0.228 e. The Bertz CT molecular complexity index is 301. The van der Waals surface area contributed by atoms with Gasteiger partial charge in [0.2, 0.25) is 5.91 Å². The molecule has 1 aliphatic heterocycles. The lowest BCUT2D eigenvalue weighted by molar-refractivity contribution is -0.139. The van der Waals surface area contributed by atoms with Crippen molar-refractivity contribution in [1.82, 2.24) is 15.5 Å². The van der Waals surface area contributed by atoms with E-state index in [1.165, 1.54) is 44.9 Å². The van der Waals surface area contributed by atoms with Gasteiger partial charge in [0.1, 0.15) is 0 Å². The summed E-state index contributed by atoms with van der Waals surface area (Å²) < 4.78 is 0. The molecule has 1 rings (SSSR count). The first-order valence-corrected chi connectivity index (χ1v) is 9.27. The zero-order chi connectivity index (χ0) is 16.3. The van der Waals surface area contributed by atoms with Crippen LogP contribution in [0.1, 0.15) is 65.2 Å². The summed E-state index contributed by atoms with van der Waals surface area (Å²) in [6.45, 7) is 9.31. The fraction of sp³-hybridized carbons (Fsp3) is 0.944. The second-order valence-electron chi connectivity index (χ2n) is 7.11. The quantitative estimate of drug-likeness (QED) is 0.514. The van der Waals surface area contributed by atoms with Gasteiger partial charge in [0.05, 0.1) is 5.41 Å². The maximum Gasteiger partial charge on any atom is 0.228 e. The van der Waals surface area contributed by atoms with Crippen LogP contribution in [0.25, 0.3) is 0 Å². The van der Waals surface area contributed by atoms with E-state index in [1.54, 1.807) is 0 Å². The van der Waals surface area contributed by atoms with Gasteiger partial charge in [0, 0.05) is 19.6 Å². The van der Waals surface area contributed by atoms with Crippen LogP contribution < -0.4 is 10.6 Å². The zero-order valence-corrected chi connectivity index (χ0v) is 15.0. The van der Waals surface area contributed by atoms with Gasteiger partial charge in [0.15, 0.2) is 0 Å². The van der Waals surface area contributed by atoms with E-state index in [-0.39, 0.29) is 11.3 Å². The summed E-state index contributed by atoms with van der Waals surface area (Å²) in [5.41, 5.74) is -0.138. The van der Waals surface area contributed by atoms with Crippen LogP contribution in [0, 0.1) is 5.41 Å².